The highest BCUT2D eigenvalue weighted by Crippen LogP contribution is 2.24. The summed E-state index contributed by atoms with van der Waals surface area (Å²) in [5.74, 6) is 0.155. The first-order valence-electron chi connectivity index (χ1n) is 3.91. The van der Waals surface area contributed by atoms with Crippen molar-refractivity contribution in [3.8, 4) is 5.69 Å². The predicted octanol–water partition coefficient (Wildman–Crippen LogP) is 2.81. The Bertz CT molecular complexity index is 489. The van der Waals surface area contributed by atoms with Crippen molar-refractivity contribution in [2.75, 3.05) is 5.73 Å². The number of nitrogens with zero attached hydrogens (tertiary/aromatic N) is 3. The average Bonchev–Trinajstić information content (AvgIpc) is 2.46. The van der Waals surface area contributed by atoms with Crippen LogP contribution in [0.5, 0.6) is 0 Å². The van der Waals surface area contributed by atoms with E-state index >= 15 is 0 Å². The molecule has 1 aromatic heterocycles. The minimum atomic E-state index is 0.140. The Hall–Kier alpha value is -0.970. The Balaban J connectivity index is 2.54. The van der Waals surface area contributed by atoms with E-state index in [4.69, 9.17) is 40.5 Å². The van der Waals surface area contributed by atoms with Crippen molar-refractivity contribution in [3.63, 3.8) is 0 Å². The summed E-state index contributed by atoms with van der Waals surface area (Å²) >= 11 is 17.4. The molecule has 0 aliphatic carbocycles. The lowest BCUT2D eigenvalue weighted by Gasteiger charge is -2.01. The third-order valence-electron chi connectivity index (χ3n) is 1.72. The van der Waals surface area contributed by atoms with Gasteiger partial charge in [0.25, 0.3) is 0 Å². The van der Waals surface area contributed by atoms with Crippen LogP contribution < -0.4 is 5.73 Å². The minimum Gasteiger partial charge on any atom is -0.380 e. The second-order valence-electron chi connectivity index (χ2n) is 2.76. The molecule has 0 atom stereocenters. The number of halogens is 3. The quantitative estimate of drug-likeness (QED) is 0.861. The fraction of sp³-hybridized carbons (Fsp3) is 0. The highest BCUT2D eigenvalue weighted by molar-refractivity contribution is 6.35. The van der Waals surface area contributed by atoms with Gasteiger partial charge in [-0.3, -0.25) is 0 Å². The molecule has 4 nitrogen and oxygen atoms in total. The molecule has 2 aromatic rings. The number of aromatic nitrogens is 3. The number of rotatable bonds is 1. The minimum absolute atomic E-state index is 0.140. The van der Waals surface area contributed by atoms with Gasteiger partial charge < -0.3 is 5.73 Å². The summed E-state index contributed by atoms with van der Waals surface area (Å²) in [4.78, 5) is 1.26. The zero-order valence-corrected chi connectivity index (χ0v) is 9.55. The van der Waals surface area contributed by atoms with E-state index in [9.17, 15) is 0 Å². The maximum absolute atomic E-state index is 5.96. The zero-order valence-electron chi connectivity index (χ0n) is 7.28. The highest BCUT2D eigenvalue weighted by atomic mass is 35.5. The first-order valence-corrected chi connectivity index (χ1v) is 5.05. The van der Waals surface area contributed by atoms with Gasteiger partial charge in [0.2, 0.25) is 0 Å². The molecule has 0 bridgehead atoms. The van der Waals surface area contributed by atoms with Gasteiger partial charge in [0.1, 0.15) is 5.69 Å². The van der Waals surface area contributed by atoms with Crippen LogP contribution in [-0.4, -0.2) is 15.0 Å². The molecular weight excluding hydrogens is 258 g/mol. The molecule has 0 aliphatic rings. The van der Waals surface area contributed by atoms with Gasteiger partial charge in [-0.1, -0.05) is 34.8 Å². The van der Waals surface area contributed by atoms with Crippen LogP contribution in [0.4, 0.5) is 5.82 Å². The van der Waals surface area contributed by atoms with Crippen LogP contribution in [0.3, 0.4) is 0 Å². The molecule has 15 heavy (non-hydrogen) atoms. The van der Waals surface area contributed by atoms with Crippen molar-refractivity contribution < 1.29 is 0 Å². The third kappa shape index (κ3) is 2.02. The van der Waals surface area contributed by atoms with E-state index in [0.717, 1.165) is 0 Å². The maximum Gasteiger partial charge on any atom is 0.195 e. The molecule has 1 aromatic carbocycles. The molecule has 0 saturated heterocycles. The van der Waals surface area contributed by atoms with Crippen molar-refractivity contribution in [1.82, 2.24) is 15.0 Å². The van der Waals surface area contributed by atoms with E-state index in [1.165, 1.54) is 4.80 Å². The Morgan fingerprint density at radius 1 is 1.13 bits per heavy atom. The molecule has 0 amide bonds. The number of anilines is 1. The van der Waals surface area contributed by atoms with Crippen molar-refractivity contribution in [2.45, 2.75) is 0 Å². The van der Waals surface area contributed by atoms with Crippen molar-refractivity contribution in [1.29, 1.82) is 0 Å². The fourth-order valence-corrected chi connectivity index (χ4v) is 1.64. The first kappa shape index (κ1) is 10.5. The molecule has 0 unspecified atom stereocenters. The van der Waals surface area contributed by atoms with Gasteiger partial charge in [-0.25, -0.2) is 0 Å². The maximum atomic E-state index is 5.96. The second-order valence-corrected chi connectivity index (χ2v) is 3.96. The number of hydrogen-bond acceptors (Lipinski definition) is 3. The van der Waals surface area contributed by atoms with E-state index < -0.39 is 0 Å². The Labute approximate surface area is 101 Å². The predicted molar refractivity (Wildman–Crippen MR) is 60.8 cm³/mol. The molecule has 2 N–H and O–H groups in total. The third-order valence-corrected chi connectivity index (χ3v) is 2.53. The van der Waals surface area contributed by atoms with Crippen LogP contribution in [0.2, 0.25) is 15.2 Å². The number of benzene rings is 1. The smallest absolute Gasteiger partial charge is 0.195 e. The van der Waals surface area contributed by atoms with Gasteiger partial charge >= 0.3 is 0 Å². The monoisotopic (exact) mass is 262 g/mol. The molecule has 7 heteroatoms. The number of hydrogen-bond donors (Lipinski definition) is 1. The van der Waals surface area contributed by atoms with E-state index in [-0.39, 0.29) is 11.0 Å². The lowest BCUT2D eigenvalue weighted by atomic mass is 10.3. The van der Waals surface area contributed by atoms with E-state index in [1.807, 2.05) is 0 Å². The highest BCUT2D eigenvalue weighted by Gasteiger charge is 2.09. The van der Waals surface area contributed by atoms with Crippen molar-refractivity contribution in [3.05, 3.63) is 33.4 Å². The summed E-state index contributed by atoms with van der Waals surface area (Å²) in [6.07, 6.45) is 0. The summed E-state index contributed by atoms with van der Waals surface area (Å²) in [5.41, 5.74) is 6.03. The van der Waals surface area contributed by atoms with Crippen LogP contribution in [0, 0.1) is 0 Å². The van der Waals surface area contributed by atoms with Crippen molar-refractivity contribution in [2.24, 2.45) is 0 Å². The molecule has 78 valence electrons. The topological polar surface area (TPSA) is 56.7 Å². The first-order chi connectivity index (χ1) is 7.08. The summed E-state index contributed by atoms with van der Waals surface area (Å²) in [7, 11) is 0. The van der Waals surface area contributed by atoms with Crippen LogP contribution in [0.25, 0.3) is 5.69 Å². The molecular formula is C8H5Cl3N4. The van der Waals surface area contributed by atoms with E-state index in [0.29, 0.717) is 15.7 Å². The van der Waals surface area contributed by atoms with Gasteiger partial charge in [0.15, 0.2) is 11.0 Å². The molecule has 2 rings (SSSR count). The van der Waals surface area contributed by atoms with Gasteiger partial charge in [-0.15, -0.1) is 15.0 Å². The molecule has 1 heterocycles. The number of nitrogens with two attached hydrogens (primary N) is 1. The zero-order chi connectivity index (χ0) is 11.0. The van der Waals surface area contributed by atoms with Gasteiger partial charge in [-0.05, 0) is 18.2 Å². The van der Waals surface area contributed by atoms with Gasteiger partial charge in [0, 0.05) is 5.02 Å². The number of nitrogen functional groups attached to an aromatic ring is 1. The lowest BCUT2D eigenvalue weighted by Crippen LogP contribution is -2.00. The summed E-state index contributed by atoms with van der Waals surface area (Å²) in [6, 6.07) is 4.95. The molecule has 0 aliphatic heterocycles. The Morgan fingerprint density at radius 2 is 1.87 bits per heavy atom. The lowest BCUT2D eigenvalue weighted by molar-refractivity contribution is 0.755. The van der Waals surface area contributed by atoms with E-state index in [2.05, 4.69) is 10.2 Å². The van der Waals surface area contributed by atoms with Crippen LogP contribution >= 0.6 is 34.8 Å². The fourth-order valence-electron chi connectivity index (χ4n) is 1.05. The van der Waals surface area contributed by atoms with Crippen LogP contribution in [0.15, 0.2) is 18.2 Å². The summed E-state index contributed by atoms with van der Waals surface area (Å²) in [5, 5.41) is 8.89. The van der Waals surface area contributed by atoms with Gasteiger partial charge in [0.05, 0.1) is 5.02 Å². The Morgan fingerprint density at radius 3 is 2.40 bits per heavy atom. The van der Waals surface area contributed by atoms with Gasteiger partial charge in [-0.2, -0.15) is 0 Å². The SMILES string of the molecule is Nc1nn(-c2ccc(Cl)cc2Cl)nc1Cl. The second kappa shape index (κ2) is 3.89. The normalized spacial score (nSPS) is 10.6. The summed E-state index contributed by atoms with van der Waals surface area (Å²) in [6.45, 7) is 0. The molecule has 0 radical (unpaired) electrons. The molecule has 0 spiro atoms. The Kier molecular flexibility index (Phi) is 2.73. The largest absolute Gasteiger partial charge is 0.380 e. The van der Waals surface area contributed by atoms with Crippen LogP contribution in [0.1, 0.15) is 0 Å². The molecule has 0 saturated carbocycles. The average molecular weight is 264 g/mol. The van der Waals surface area contributed by atoms with Crippen LogP contribution in [-0.2, 0) is 0 Å². The standard InChI is InChI=1S/C8H5Cl3N4/c9-4-1-2-6(5(10)3-4)15-13-7(11)8(12)14-15/h1-3H,(H2,12,14). The molecule has 0 fully saturated rings. The summed E-state index contributed by atoms with van der Waals surface area (Å²) < 4.78 is 0. The van der Waals surface area contributed by atoms with Crippen molar-refractivity contribution >= 4 is 40.6 Å². The van der Waals surface area contributed by atoms with E-state index in [1.54, 1.807) is 18.2 Å².